The highest BCUT2D eigenvalue weighted by atomic mass is 32.2. The van der Waals surface area contributed by atoms with Gasteiger partial charge in [0.05, 0.1) is 5.25 Å². The molecule has 116 valence electrons. The van der Waals surface area contributed by atoms with Gasteiger partial charge in [-0.05, 0) is 57.8 Å². The van der Waals surface area contributed by atoms with Crippen LogP contribution in [0.15, 0.2) is 9.72 Å². The monoisotopic (exact) mass is 324 g/mol. The van der Waals surface area contributed by atoms with Crippen molar-refractivity contribution in [1.29, 1.82) is 0 Å². The molecule has 2 saturated carbocycles. The molecule has 0 saturated heterocycles. The van der Waals surface area contributed by atoms with Crippen LogP contribution in [0.5, 0.6) is 0 Å². The zero-order valence-electron chi connectivity index (χ0n) is 13.0. The third kappa shape index (κ3) is 3.45. The van der Waals surface area contributed by atoms with Crippen LogP contribution < -0.4 is 5.32 Å². The molecule has 2 aliphatic carbocycles. The van der Waals surface area contributed by atoms with Gasteiger partial charge in [0.15, 0.2) is 4.34 Å². The second-order valence-corrected chi connectivity index (χ2v) is 9.10. The topological polar surface area (TPSA) is 42.0 Å². The van der Waals surface area contributed by atoms with Crippen molar-refractivity contribution in [1.82, 2.24) is 10.3 Å². The highest BCUT2D eigenvalue weighted by Gasteiger charge is 2.42. The lowest BCUT2D eigenvalue weighted by Crippen LogP contribution is -2.43. The number of amides is 1. The third-order valence-corrected chi connectivity index (χ3v) is 7.24. The Morgan fingerprint density at radius 1 is 1.43 bits per heavy atom. The summed E-state index contributed by atoms with van der Waals surface area (Å²) in [5, 5.41) is 5.21. The molecule has 2 bridgehead atoms. The minimum absolute atomic E-state index is 0.0726. The number of rotatable bonds is 5. The van der Waals surface area contributed by atoms with E-state index in [4.69, 9.17) is 0 Å². The normalized spacial score (nSPS) is 30.3. The Morgan fingerprint density at radius 2 is 2.24 bits per heavy atom. The van der Waals surface area contributed by atoms with Crippen LogP contribution in [0.25, 0.3) is 0 Å². The van der Waals surface area contributed by atoms with Crippen LogP contribution in [0.3, 0.4) is 0 Å². The first-order valence-electron chi connectivity index (χ1n) is 7.92. The van der Waals surface area contributed by atoms with Gasteiger partial charge in [-0.15, -0.1) is 11.3 Å². The van der Waals surface area contributed by atoms with Gasteiger partial charge >= 0.3 is 0 Å². The van der Waals surface area contributed by atoms with Gasteiger partial charge in [-0.3, -0.25) is 4.79 Å². The average molecular weight is 325 g/mol. The molecular weight excluding hydrogens is 300 g/mol. The van der Waals surface area contributed by atoms with E-state index in [1.54, 1.807) is 23.1 Å². The van der Waals surface area contributed by atoms with Crippen molar-refractivity contribution in [2.75, 3.05) is 0 Å². The molecule has 0 aromatic carbocycles. The van der Waals surface area contributed by atoms with E-state index in [0.717, 1.165) is 21.9 Å². The van der Waals surface area contributed by atoms with E-state index in [-0.39, 0.29) is 11.2 Å². The van der Waals surface area contributed by atoms with Gasteiger partial charge < -0.3 is 5.32 Å². The molecule has 2 fully saturated rings. The number of hydrogen-bond donors (Lipinski definition) is 1. The van der Waals surface area contributed by atoms with Crippen LogP contribution in [-0.2, 0) is 4.79 Å². The van der Waals surface area contributed by atoms with E-state index in [0.29, 0.717) is 12.0 Å². The molecule has 5 atom stereocenters. The second-order valence-electron chi connectivity index (χ2n) is 6.65. The largest absolute Gasteiger partial charge is 0.352 e. The number of aryl methyl sites for hydroxylation is 1. The molecule has 3 nitrogen and oxygen atoms in total. The van der Waals surface area contributed by atoms with Gasteiger partial charge in [0.1, 0.15) is 0 Å². The van der Waals surface area contributed by atoms with E-state index in [2.05, 4.69) is 17.2 Å². The number of thioether (sulfide) groups is 1. The van der Waals surface area contributed by atoms with E-state index < -0.39 is 0 Å². The fourth-order valence-corrected chi connectivity index (χ4v) is 5.94. The van der Waals surface area contributed by atoms with Crippen molar-refractivity contribution in [2.45, 2.75) is 62.1 Å². The lowest BCUT2D eigenvalue weighted by atomic mass is 9.84. The van der Waals surface area contributed by atoms with Gasteiger partial charge in [0.25, 0.3) is 0 Å². The van der Waals surface area contributed by atoms with Crippen molar-refractivity contribution in [3.8, 4) is 0 Å². The average Bonchev–Trinajstić information content (AvgIpc) is 3.15. The molecule has 21 heavy (non-hydrogen) atoms. The highest BCUT2D eigenvalue weighted by molar-refractivity contribution is 8.02. The van der Waals surface area contributed by atoms with Crippen LogP contribution in [0, 0.1) is 24.7 Å². The molecule has 1 N–H and O–H groups in total. The quantitative estimate of drug-likeness (QED) is 0.836. The summed E-state index contributed by atoms with van der Waals surface area (Å²) in [4.78, 5) is 16.8. The molecule has 5 heteroatoms. The molecule has 2 aliphatic rings. The highest BCUT2D eigenvalue weighted by Crippen LogP contribution is 2.49. The first kappa shape index (κ1) is 15.3. The lowest BCUT2D eigenvalue weighted by Gasteiger charge is -2.29. The predicted octanol–water partition coefficient (Wildman–Crippen LogP) is 3.87. The van der Waals surface area contributed by atoms with Crippen molar-refractivity contribution >= 4 is 29.0 Å². The molecule has 1 aromatic heterocycles. The summed E-state index contributed by atoms with van der Waals surface area (Å²) < 4.78 is 0.989. The number of hydrogen-bond acceptors (Lipinski definition) is 4. The smallest absolute Gasteiger partial charge is 0.233 e. The van der Waals surface area contributed by atoms with Crippen molar-refractivity contribution in [3.05, 3.63) is 11.1 Å². The summed E-state index contributed by atoms with van der Waals surface area (Å²) >= 11 is 3.19. The number of nitrogens with one attached hydrogen (secondary N) is 1. The van der Waals surface area contributed by atoms with Crippen LogP contribution in [0.2, 0.25) is 0 Å². The molecule has 5 unspecified atom stereocenters. The Balaban J connectivity index is 1.51. The van der Waals surface area contributed by atoms with Crippen LogP contribution in [0.1, 0.15) is 45.2 Å². The predicted molar refractivity (Wildman–Crippen MR) is 88.7 cm³/mol. The van der Waals surface area contributed by atoms with Crippen LogP contribution in [0.4, 0.5) is 0 Å². The summed E-state index contributed by atoms with van der Waals surface area (Å²) in [6, 6.07) is 0.314. The fraction of sp³-hybridized carbons (Fsp3) is 0.750. The zero-order valence-corrected chi connectivity index (χ0v) is 14.6. The minimum Gasteiger partial charge on any atom is -0.352 e. The molecular formula is C16H24N2OS2. The molecule has 1 amide bonds. The van der Waals surface area contributed by atoms with Gasteiger partial charge in [0, 0.05) is 17.1 Å². The maximum Gasteiger partial charge on any atom is 0.233 e. The lowest BCUT2D eigenvalue weighted by molar-refractivity contribution is -0.121. The SMILES string of the molecule is Cc1csc(SC(C)C(=O)NC(C)C2CC3CCC2C3)n1. The van der Waals surface area contributed by atoms with E-state index >= 15 is 0 Å². The molecule has 3 rings (SSSR count). The Labute approximate surface area is 135 Å². The molecule has 0 radical (unpaired) electrons. The van der Waals surface area contributed by atoms with Gasteiger partial charge in [-0.2, -0.15) is 0 Å². The number of thiazole rings is 1. The number of nitrogens with zero attached hydrogens (tertiary/aromatic N) is 1. The Kier molecular flexibility index (Phi) is 4.60. The molecule has 0 spiro atoms. The van der Waals surface area contributed by atoms with Crippen LogP contribution >= 0.6 is 23.1 Å². The number of carbonyl (C=O) groups is 1. The number of aromatic nitrogens is 1. The first-order chi connectivity index (χ1) is 10.0. The summed E-state index contributed by atoms with van der Waals surface area (Å²) in [5.41, 5.74) is 1.03. The van der Waals surface area contributed by atoms with E-state index in [1.165, 1.54) is 25.7 Å². The molecule has 0 aliphatic heterocycles. The Bertz CT molecular complexity index is 516. The Morgan fingerprint density at radius 3 is 2.81 bits per heavy atom. The van der Waals surface area contributed by atoms with Gasteiger partial charge in [-0.25, -0.2) is 4.98 Å². The maximum atomic E-state index is 12.4. The second kappa shape index (κ2) is 6.29. The van der Waals surface area contributed by atoms with Crippen molar-refractivity contribution < 1.29 is 4.79 Å². The summed E-state index contributed by atoms with van der Waals surface area (Å²) in [7, 11) is 0. The number of fused-ring (bicyclic) bond motifs is 2. The summed E-state index contributed by atoms with van der Waals surface area (Å²) in [6.45, 7) is 6.15. The first-order valence-corrected chi connectivity index (χ1v) is 9.68. The minimum atomic E-state index is -0.0726. The molecule has 1 heterocycles. The standard InChI is InChI=1S/C16H24N2OS2/c1-9-8-20-16(17-9)21-11(3)15(19)18-10(2)14-7-12-4-5-13(14)6-12/h8,10-14H,4-7H2,1-3H3,(H,18,19). The number of carbonyl (C=O) groups excluding carboxylic acids is 1. The van der Waals surface area contributed by atoms with Gasteiger partial charge in [0.2, 0.25) is 5.91 Å². The third-order valence-electron chi connectivity index (χ3n) is 5.05. The summed E-state index contributed by atoms with van der Waals surface area (Å²) in [5.74, 6) is 2.65. The Hall–Kier alpha value is -0.550. The van der Waals surface area contributed by atoms with E-state index in [1.807, 2.05) is 19.2 Å². The van der Waals surface area contributed by atoms with Crippen LogP contribution in [-0.4, -0.2) is 22.2 Å². The maximum absolute atomic E-state index is 12.4. The van der Waals surface area contributed by atoms with Crippen molar-refractivity contribution in [2.24, 2.45) is 17.8 Å². The molecule has 1 aromatic rings. The fourth-order valence-electron chi connectivity index (χ4n) is 3.95. The zero-order chi connectivity index (χ0) is 15.0. The van der Waals surface area contributed by atoms with Gasteiger partial charge in [-0.1, -0.05) is 18.2 Å². The van der Waals surface area contributed by atoms with E-state index in [9.17, 15) is 4.79 Å². The summed E-state index contributed by atoms with van der Waals surface area (Å²) in [6.07, 6.45) is 5.50. The van der Waals surface area contributed by atoms with Crippen molar-refractivity contribution in [3.63, 3.8) is 0 Å².